The zero-order valence-corrected chi connectivity index (χ0v) is 13.5. The molecule has 0 saturated carbocycles. The van der Waals surface area contributed by atoms with Gasteiger partial charge in [-0.05, 0) is 36.4 Å². The van der Waals surface area contributed by atoms with Crippen molar-refractivity contribution >= 4 is 23.7 Å². The van der Waals surface area contributed by atoms with Gasteiger partial charge in [-0.2, -0.15) is 0 Å². The summed E-state index contributed by atoms with van der Waals surface area (Å²) in [5, 5.41) is 11.9. The average Bonchev–Trinajstić information content (AvgIpc) is 2.63. The lowest BCUT2D eigenvalue weighted by Crippen LogP contribution is -2.20. The minimum absolute atomic E-state index is 0.0448. The van der Waals surface area contributed by atoms with E-state index in [1.165, 1.54) is 24.3 Å². The third-order valence-electron chi connectivity index (χ3n) is 3.47. The fourth-order valence-corrected chi connectivity index (χ4v) is 4.34. The Morgan fingerprint density at radius 2 is 1.21 bits per heavy atom. The van der Waals surface area contributed by atoms with Crippen LogP contribution < -0.4 is 15.1 Å². The van der Waals surface area contributed by atoms with Crippen molar-refractivity contribution < 1.29 is 14.0 Å². The molecule has 0 aliphatic rings. The first-order valence-corrected chi connectivity index (χ1v) is 8.87. The number of nitro benzene ring substituents is 1. The van der Waals surface area contributed by atoms with Gasteiger partial charge in [-0.25, -0.2) is 0 Å². The maximum atomic E-state index is 13.6. The number of nitrogens with zero attached hydrogens (tertiary/aromatic N) is 1. The third kappa shape index (κ3) is 3.21. The highest BCUT2D eigenvalue weighted by molar-refractivity contribution is 7.74. The molecule has 0 amide bonds. The van der Waals surface area contributed by atoms with Crippen molar-refractivity contribution in [1.82, 2.24) is 0 Å². The number of non-ortho nitro benzene ring substituents is 1. The first-order valence-electron chi connectivity index (χ1n) is 7.25. The van der Waals surface area contributed by atoms with Crippen molar-refractivity contribution in [1.29, 1.82) is 0 Å². The van der Waals surface area contributed by atoms with E-state index in [0.717, 1.165) is 0 Å². The summed E-state index contributed by atoms with van der Waals surface area (Å²) in [7, 11) is -3.35. The van der Waals surface area contributed by atoms with Gasteiger partial charge in [0.05, 0.1) is 15.5 Å². The molecule has 0 aromatic heterocycles. The Bertz CT molecular complexity index is 836. The van der Waals surface area contributed by atoms with Crippen LogP contribution in [0.15, 0.2) is 84.9 Å². The molecule has 3 rings (SSSR count). The molecule has 0 aliphatic carbocycles. The number of hydrogen-bond acceptors (Lipinski definition) is 4. The van der Waals surface area contributed by atoms with Crippen molar-refractivity contribution in [3.63, 3.8) is 0 Å². The molecule has 0 spiro atoms. The highest BCUT2D eigenvalue weighted by Gasteiger charge is 2.30. The van der Waals surface area contributed by atoms with E-state index in [9.17, 15) is 14.7 Å². The summed E-state index contributed by atoms with van der Waals surface area (Å²) in [4.78, 5) is 10.3. The van der Waals surface area contributed by atoms with E-state index in [1.54, 1.807) is 48.5 Å². The lowest BCUT2D eigenvalue weighted by molar-refractivity contribution is -0.384. The van der Waals surface area contributed by atoms with Gasteiger partial charge in [0.15, 0.2) is 0 Å². The lowest BCUT2D eigenvalue weighted by atomic mass is 10.3. The topological polar surface area (TPSA) is 69.4 Å². The number of nitro groups is 1. The zero-order valence-electron chi connectivity index (χ0n) is 12.6. The van der Waals surface area contributed by atoms with Crippen molar-refractivity contribution in [2.45, 2.75) is 0 Å². The molecule has 24 heavy (non-hydrogen) atoms. The number of rotatable bonds is 5. The summed E-state index contributed by atoms with van der Waals surface area (Å²) in [6.07, 6.45) is 0. The van der Waals surface area contributed by atoms with Crippen LogP contribution in [0.4, 0.5) is 5.69 Å². The second kappa shape index (κ2) is 6.69. The molecular weight excluding hydrogens is 325 g/mol. The van der Waals surface area contributed by atoms with Gasteiger partial charge in [-0.3, -0.25) is 14.7 Å². The van der Waals surface area contributed by atoms with E-state index in [1.807, 2.05) is 12.1 Å². The van der Waals surface area contributed by atoms with Gasteiger partial charge in [0.2, 0.25) is 0 Å². The van der Waals surface area contributed by atoms with Gasteiger partial charge in [0.1, 0.15) is 5.75 Å². The SMILES string of the molecule is O=[N+]([O-])c1ccc(OP(=O)(c2ccccc2)c2ccccc2)cc1. The minimum Gasteiger partial charge on any atom is -0.437 e. The van der Waals surface area contributed by atoms with Crippen LogP contribution in [-0.2, 0) is 4.57 Å². The molecule has 0 fully saturated rings. The van der Waals surface area contributed by atoms with Crippen LogP contribution in [0.5, 0.6) is 5.75 Å². The normalized spacial score (nSPS) is 11.0. The molecular formula is C18H14NO4P. The van der Waals surface area contributed by atoms with Crippen LogP contribution in [0.3, 0.4) is 0 Å². The summed E-state index contributed by atoms with van der Waals surface area (Å²) in [5.41, 5.74) is -0.0448. The predicted molar refractivity (Wildman–Crippen MR) is 93.5 cm³/mol. The van der Waals surface area contributed by atoms with Crippen molar-refractivity contribution in [2.75, 3.05) is 0 Å². The Morgan fingerprint density at radius 3 is 1.62 bits per heavy atom. The molecule has 0 aliphatic heterocycles. The summed E-state index contributed by atoms with van der Waals surface area (Å²) in [6.45, 7) is 0. The van der Waals surface area contributed by atoms with E-state index in [4.69, 9.17) is 4.52 Å². The maximum Gasteiger partial charge on any atom is 0.306 e. The van der Waals surface area contributed by atoms with Crippen LogP contribution in [-0.4, -0.2) is 4.92 Å². The summed E-state index contributed by atoms with van der Waals surface area (Å²) in [5.74, 6) is 0.316. The second-order valence-electron chi connectivity index (χ2n) is 5.06. The minimum atomic E-state index is -3.35. The van der Waals surface area contributed by atoms with E-state index in [0.29, 0.717) is 16.4 Å². The summed E-state index contributed by atoms with van der Waals surface area (Å²) < 4.78 is 19.5. The van der Waals surface area contributed by atoms with Crippen molar-refractivity contribution in [3.8, 4) is 5.75 Å². The van der Waals surface area contributed by atoms with Crippen LogP contribution in [0.1, 0.15) is 0 Å². The smallest absolute Gasteiger partial charge is 0.306 e. The first-order chi connectivity index (χ1) is 11.6. The third-order valence-corrected chi connectivity index (χ3v) is 5.90. The molecule has 3 aromatic carbocycles. The highest BCUT2D eigenvalue weighted by Crippen LogP contribution is 2.45. The Balaban J connectivity index is 2.03. The largest absolute Gasteiger partial charge is 0.437 e. The van der Waals surface area contributed by atoms with Gasteiger partial charge >= 0.3 is 7.37 Å². The zero-order chi connectivity index (χ0) is 17.0. The average molecular weight is 339 g/mol. The predicted octanol–water partition coefficient (Wildman–Crippen LogP) is 3.90. The molecule has 0 atom stereocenters. The quantitative estimate of drug-likeness (QED) is 0.401. The molecule has 0 unspecified atom stereocenters. The Morgan fingerprint density at radius 1 is 0.750 bits per heavy atom. The Labute approximate surface area is 139 Å². The summed E-state index contributed by atoms with van der Waals surface area (Å²) >= 11 is 0. The number of hydrogen-bond donors (Lipinski definition) is 0. The lowest BCUT2D eigenvalue weighted by Gasteiger charge is -2.20. The second-order valence-corrected chi connectivity index (χ2v) is 7.38. The van der Waals surface area contributed by atoms with Gasteiger partial charge in [-0.1, -0.05) is 36.4 Å². The molecule has 0 heterocycles. The van der Waals surface area contributed by atoms with E-state index in [-0.39, 0.29) is 5.69 Å². The Kier molecular flexibility index (Phi) is 4.45. The Hall–Kier alpha value is -2.91. The fraction of sp³-hybridized carbons (Fsp3) is 0. The van der Waals surface area contributed by atoms with Crippen LogP contribution in [0.2, 0.25) is 0 Å². The van der Waals surface area contributed by atoms with Gasteiger partial charge in [0, 0.05) is 12.1 Å². The van der Waals surface area contributed by atoms with Crippen LogP contribution in [0.25, 0.3) is 0 Å². The molecule has 0 bridgehead atoms. The molecule has 120 valence electrons. The van der Waals surface area contributed by atoms with Crippen LogP contribution >= 0.6 is 7.37 Å². The maximum absolute atomic E-state index is 13.6. The van der Waals surface area contributed by atoms with Crippen molar-refractivity contribution in [3.05, 3.63) is 95.0 Å². The molecule has 3 aromatic rings. The van der Waals surface area contributed by atoms with Crippen molar-refractivity contribution in [2.24, 2.45) is 0 Å². The molecule has 5 nitrogen and oxygen atoms in total. The highest BCUT2D eigenvalue weighted by atomic mass is 31.2. The van der Waals surface area contributed by atoms with E-state index < -0.39 is 12.3 Å². The molecule has 6 heteroatoms. The van der Waals surface area contributed by atoms with Crippen LogP contribution in [0, 0.1) is 10.1 Å². The first kappa shape index (κ1) is 16.0. The van der Waals surface area contributed by atoms with E-state index >= 15 is 0 Å². The molecule has 0 saturated heterocycles. The van der Waals surface area contributed by atoms with Gasteiger partial charge in [0.25, 0.3) is 5.69 Å². The fourth-order valence-electron chi connectivity index (χ4n) is 2.28. The standard InChI is InChI=1S/C18H14NO4P/c20-19(21)15-11-13-16(14-12-15)23-24(22,17-7-3-1-4-8-17)18-9-5-2-6-10-18/h1-14H. The number of benzene rings is 3. The monoisotopic (exact) mass is 339 g/mol. The van der Waals surface area contributed by atoms with Gasteiger partial charge < -0.3 is 4.52 Å². The summed E-state index contributed by atoms with van der Waals surface area (Å²) in [6, 6.07) is 23.4. The van der Waals surface area contributed by atoms with Gasteiger partial charge in [-0.15, -0.1) is 0 Å². The molecule has 0 radical (unpaired) electrons. The molecule has 0 N–H and O–H groups in total. The van der Waals surface area contributed by atoms with E-state index in [2.05, 4.69) is 0 Å².